The molecule has 0 saturated carbocycles. The first-order valence-electron chi connectivity index (χ1n) is 7.88. The van der Waals surface area contributed by atoms with Crippen LogP contribution in [0.5, 0.6) is 0 Å². The van der Waals surface area contributed by atoms with Crippen LogP contribution in [0.25, 0.3) is 16.9 Å². The highest BCUT2D eigenvalue weighted by molar-refractivity contribution is 5.67. The summed E-state index contributed by atoms with van der Waals surface area (Å²) in [5.74, 6) is -0.958. The van der Waals surface area contributed by atoms with E-state index >= 15 is 0 Å². The van der Waals surface area contributed by atoms with Gasteiger partial charge in [-0.3, -0.25) is 4.79 Å². The van der Waals surface area contributed by atoms with Crippen LogP contribution in [0.3, 0.4) is 0 Å². The maximum atomic E-state index is 13.0. The van der Waals surface area contributed by atoms with E-state index in [0.717, 1.165) is 12.1 Å². The van der Waals surface area contributed by atoms with Crippen LogP contribution in [0.1, 0.15) is 17.7 Å². The summed E-state index contributed by atoms with van der Waals surface area (Å²) in [5.41, 5.74) is 1.27. The molecule has 0 unspecified atom stereocenters. The van der Waals surface area contributed by atoms with Crippen molar-refractivity contribution >= 4 is 5.97 Å². The molecule has 0 fully saturated rings. The van der Waals surface area contributed by atoms with E-state index in [0.29, 0.717) is 22.6 Å². The molecule has 0 aliphatic carbocycles. The van der Waals surface area contributed by atoms with Crippen molar-refractivity contribution in [1.29, 1.82) is 0 Å². The third-order valence-corrected chi connectivity index (χ3v) is 3.84. The first-order valence-corrected chi connectivity index (χ1v) is 7.88. The Hall–Kier alpha value is -3.09. The first kappa shape index (κ1) is 17.7. The fraction of sp³-hybridized carbons (Fsp3) is 0.158. The van der Waals surface area contributed by atoms with E-state index in [-0.39, 0.29) is 12.8 Å². The van der Waals surface area contributed by atoms with Crippen LogP contribution in [-0.2, 0) is 17.4 Å². The third kappa shape index (κ3) is 3.93. The molecular weight excluding hydrogens is 345 g/mol. The van der Waals surface area contributed by atoms with E-state index in [4.69, 9.17) is 5.11 Å². The summed E-state index contributed by atoms with van der Waals surface area (Å²) in [7, 11) is 0. The molecule has 0 saturated heterocycles. The summed E-state index contributed by atoms with van der Waals surface area (Å²) >= 11 is 0. The second kappa shape index (κ2) is 7.03. The van der Waals surface area contributed by atoms with Crippen molar-refractivity contribution in [3.05, 3.63) is 71.9 Å². The average Bonchev–Trinajstić information content (AvgIpc) is 3.04. The largest absolute Gasteiger partial charge is 0.481 e. The second-order valence-electron chi connectivity index (χ2n) is 5.74. The minimum Gasteiger partial charge on any atom is -0.481 e. The molecule has 0 atom stereocenters. The van der Waals surface area contributed by atoms with Crippen molar-refractivity contribution in [3.8, 4) is 16.9 Å². The molecule has 3 aromatic rings. The van der Waals surface area contributed by atoms with E-state index in [2.05, 4.69) is 5.10 Å². The molecule has 3 rings (SSSR count). The number of nitrogens with zero attached hydrogens (tertiary/aromatic N) is 2. The maximum Gasteiger partial charge on any atom is 0.416 e. The summed E-state index contributed by atoms with van der Waals surface area (Å²) in [6, 6.07) is 15.6. The highest BCUT2D eigenvalue weighted by atomic mass is 19.4. The number of carboxylic acids is 1. The van der Waals surface area contributed by atoms with Gasteiger partial charge in [-0.05, 0) is 30.3 Å². The monoisotopic (exact) mass is 360 g/mol. The van der Waals surface area contributed by atoms with Gasteiger partial charge in [0, 0.05) is 12.0 Å². The summed E-state index contributed by atoms with van der Waals surface area (Å²) in [5, 5.41) is 13.2. The number of aliphatic carboxylic acids is 1. The van der Waals surface area contributed by atoms with Gasteiger partial charge >= 0.3 is 12.1 Å². The smallest absolute Gasteiger partial charge is 0.416 e. The van der Waals surface area contributed by atoms with Crippen LogP contribution in [-0.4, -0.2) is 20.9 Å². The van der Waals surface area contributed by atoms with Gasteiger partial charge in [-0.1, -0.05) is 30.3 Å². The fourth-order valence-corrected chi connectivity index (χ4v) is 2.61. The van der Waals surface area contributed by atoms with Gasteiger partial charge in [0.05, 0.1) is 29.1 Å². The molecule has 0 spiro atoms. The summed E-state index contributed by atoms with van der Waals surface area (Å²) in [4.78, 5) is 10.8. The number of hydrogen-bond donors (Lipinski definition) is 1. The van der Waals surface area contributed by atoms with Gasteiger partial charge in [-0.25, -0.2) is 4.68 Å². The minimum absolute atomic E-state index is 0.103. The Labute approximate surface area is 147 Å². The quantitative estimate of drug-likeness (QED) is 0.725. The van der Waals surface area contributed by atoms with E-state index in [1.54, 1.807) is 36.4 Å². The second-order valence-corrected chi connectivity index (χ2v) is 5.74. The van der Waals surface area contributed by atoms with Gasteiger partial charge in [-0.2, -0.15) is 18.3 Å². The minimum atomic E-state index is -4.44. The lowest BCUT2D eigenvalue weighted by Gasteiger charge is -2.10. The lowest BCUT2D eigenvalue weighted by molar-refractivity contribution is -0.138. The van der Waals surface area contributed by atoms with Crippen molar-refractivity contribution in [2.45, 2.75) is 19.0 Å². The van der Waals surface area contributed by atoms with Crippen LogP contribution >= 0.6 is 0 Å². The number of para-hydroxylation sites is 1. The van der Waals surface area contributed by atoms with E-state index in [1.807, 2.05) is 6.07 Å². The predicted molar refractivity (Wildman–Crippen MR) is 90.0 cm³/mol. The zero-order chi connectivity index (χ0) is 18.7. The Bertz CT molecular complexity index is 918. The summed E-state index contributed by atoms with van der Waals surface area (Å²) in [6.45, 7) is 0. The lowest BCUT2D eigenvalue weighted by Crippen LogP contribution is -2.05. The van der Waals surface area contributed by atoms with Gasteiger partial charge in [0.15, 0.2) is 0 Å². The maximum absolute atomic E-state index is 13.0. The van der Waals surface area contributed by atoms with Crippen LogP contribution in [0, 0.1) is 0 Å². The highest BCUT2D eigenvalue weighted by Gasteiger charge is 2.30. The molecule has 0 radical (unpaired) electrons. The number of rotatable bonds is 5. The molecule has 4 nitrogen and oxygen atoms in total. The summed E-state index contributed by atoms with van der Waals surface area (Å²) in [6.07, 6.45) is -4.35. The van der Waals surface area contributed by atoms with Gasteiger partial charge in [0.25, 0.3) is 0 Å². The average molecular weight is 360 g/mol. The van der Waals surface area contributed by atoms with Crippen LogP contribution in [0.15, 0.2) is 60.7 Å². The Morgan fingerprint density at radius 1 is 1.04 bits per heavy atom. The Morgan fingerprint density at radius 3 is 2.42 bits per heavy atom. The third-order valence-electron chi connectivity index (χ3n) is 3.84. The van der Waals surface area contributed by atoms with E-state index in [1.165, 1.54) is 10.7 Å². The van der Waals surface area contributed by atoms with E-state index < -0.39 is 17.7 Å². The fourth-order valence-electron chi connectivity index (χ4n) is 2.61. The van der Waals surface area contributed by atoms with Crippen molar-refractivity contribution in [1.82, 2.24) is 9.78 Å². The van der Waals surface area contributed by atoms with Gasteiger partial charge in [0.1, 0.15) is 0 Å². The van der Waals surface area contributed by atoms with Gasteiger partial charge in [-0.15, -0.1) is 0 Å². The van der Waals surface area contributed by atoms with Crippen molar-refractivity contribution in [2.75, 3.05) is 0 Å². The van der Waals surface area contributed by atoms with Crippen molar-refractivity contribution in [3.63, 3.8) is 0 Å². The molecule has 1 heterocycles. The standard InChI is InChI=1S/C19H15F3N2O2/c20-19(21,22)14-6-4-5-13(11-14)17-12-15(9-10-18(25)26)23-24(17)16-7-2-1-3-8-16/h1-8,11-12H,9-10H2,(H,25,26). The zero-order valence-electron chi connectivity index (χ0n) is 13.6. The number of aryl methyl sites for hydroxylation is 1. The first-order chi connectivity index (χ1) is 12.3. The zero-order valence-corrected chi connectivity index (χ0v) is 13.6. The van der Waals surface area contributed by atoms with Gasteiger partial charge < -0.3 is 5.11 Å². The highest BCUT2D eigenvalue weighted by Crippen LogP contribution is 2.33. The molecule has 7 heteroatoms. The molecule has 134 valence electrons. The van der Waals surface area contributed by atoms with E-state index in [9.17, 15) is 18.0 Å². The number of carboxylic acid groups (broad SMARTS) is 1. The molecule has 2 aromatic carbocycles. The predicted octanol–water partition coefficient (Wildman–Crippen LogP) is 4.58. The molecule has 1 aromatic heterocycles. The number of hydrogen-bond acceptors (Lipinski definition) is 2. The molecule has 0 bridgehead atoms. The number of alkyl halides is 3. The summed E-state index contributed by atoms with van der Waals surface area (Å²) < 4.78 is 40.6. The Kier molecular flexibility index (Phi) is 4.79. The topological polar surface area (TPSA) is 55.1 Å². The number of aromatic nitrogens is 2. The number of carbonyl (C=O) groups is 1. The number of halogens is 3. The Morgan fingerprint density at radius 2 is 1.77 bits per heavy atom. The molecular formula is C19H15F3N2O2. The normalized spacial score (nSPS) is 11.5. The SMILES string of the molecule is O=C(O)CCc1cc(-c2cccc(C(F)(F)F)c2)n(-c2ccccc2)n1. The molecule has 0 aliphatic rings. The van der Waals surface area contributed by atoms with Crippen molar-refractivity contribution in [2.24, 2.45) is 0 Å². The van der Waals surface area contributed by atoms with Crippen LogP contribution < -0.4 is 0 Å². The van der Waals surface area contributed by atoms with Crippen LogP contribution in [0.4, 0.5) is 13.2 Å². The molecule has 26 heavy (non-hydrogen) atoms. The molecule has 0 aliphatic heterocycles. The lowest BCUT2D eigenvalue weighted by atomic mass is 10.1. The van der Waals surface area contributed by atoms with Gasteiger partial charge in [0.2, 0.25) is 0 Å². The molecule has 1 N–H and O–H groups in total. The Balaban J connectivity index is 2.09. The number of benzene rings is 2. The molecule has 0 amide bonds. The van der Waals surface area contributed by atoms with Crippen LogP contribution in [0.2, 0.25) is 0 Å². The van der Waals surface area contributed by atoms with Crippen molar-refractivity contribution < 1.29 is 23.1 Å².